The summed E-state index contributed by atoms with van der Waals surface area (Å²) in [6, 6.07) is 12.7. The van der Waals surface area contributed by atoms with Gasteiger partial charge in [0.15, 0.2) is 5.82 Å². The summed E-state index contributed by atoms with van der Waals surface area (Å²) in [6.45, 7) is 4.20. The lowest BCUT2D eigenvalue weighted by molar-refractivity contribution is -0.122. The van der Waals surface area contributed by atoms with Gasteiger partial charge < -0.3 is 20.4 Å². The highest BCUT2D eigenvalue weighted by atomic mass is 19.1. The summed E-state index contributed by atoms with van der Waals surface area (Å²) in [5, 5.41) is 5.99. The molecule has 2 heterocycles. The van der Waals surface area contributed by atoms with Crippen molar-refractivity contribution in [3.05, 3.63) is 71.7 Å². The van der Waals surface area contributed by atoms with Crippen LogP contribution < -0.4 is 20.4 Å². The van der Waals surface area contributed by atoms with Crippen molar-refractivity contribution < 1.29 is 14.0 Å². The first kappa shape index (κ1) is 22.2. The van der Waals surface area contributed by atoms with E-state index < -0.39 is 5.54 Å². The van der Waals surface area contributed by atoms with Gasteiger partial charge >= 0.3 is 0 Å². The molecular weight excluding hydrogens is 423 g/mol. The normalized spacial score (nSPS) is 14.6. The largest absolute Gasteiger partial charge is 0.350 e. The molecule has 0 unspecified atom stereocenters. The van der Waals surface area contributed by atoms with Gasteiger partial charge in [-0.3, -0.25) is 9.59 Å². The Labute approximate surface area is 191 Å². The lowest BCUT2D eigenvalue weighted by atomic mass is 9.98. The lowest BCUT2D eigenvalue weighted by Gasteiger charge is -2.43. The summed E-state index contributed by atoms with van der Waals surface area (Å²) >= 11 is 0. The molecule has 0 radical (unpaired) electrons. The minimum Gasteiger partial charge on any atom is -0.350 e. The Kier molecular flexibility index (Phi) is 5.71. The Morgan fingerprint density at radius 2 is 1.73 bits per heavy atom. The van der Waals surface area contributed by atoms with Crippen molar-refractivity contribution in [3.8, 4) is 0 Å². The van der Waals surface area contributed by atoms with Crippen LogP contribution in [0.2, 0.25) is 0 Å². The van der Waals surface area contributed by atoms with E-state index in [2.05, 4.69) is 20.6 Å². The Morgan fingerprint density at radius 3 is 2.39 bits per heavy atom. The molecule has 9 heteroatoms. The number of anilines is 4. The van der Waals surface area contributed by atoms with E-state index in [1.165, 1.54) is 24.3 Å². The zero-order valence-electron chi connectivity index (χ0n) is 18.9. The number of hydrogen-bond donors (Lipinski definition) is 2. The van der Waals surface area contributed by atoms with Crippen LogP contribution in [-0.2, 0) is 11.3 Å². The molecule has 0 bridgehead atoms. The Morgan fingerprint density at radius 1 is 1.06 bits per heavy atom. The molecule has 1 aliphatic heterocycles. The molecule has 0 saturated carbocycles. The van der Waals surface area contributed by atoms with Crippen molar-refractivity contribution in [2.45, 2.75) is 25.9 Å². The summed E-state index contributed by atoms with van der Waals surface area (Å²) in [5.74, 6) is 0.417. The van der Waals surface area contributed by atoms with Crippen LogP contribution in [0.15, 0.2) is 54.7 Å². The summed E-state index contributed by atoms with van der Waals surface area (Å²) < 4.78 is 13.0. The third-order valence-electron chi connectivity index (χ3n) is 5.86. The van der Waals surface area contributed by atoms with Crippen molar-refractivity contribution in [1.82, 2.24) is 9.97 Å². The fraction of sp³-hybridized carbons (Fsp3) is 0.250. The number of fused-ring (bicyclic) bond motifs is 1. The fourth-order valence-corrected chi connectivity index (χ4v) is 3.55. The van der Waals surface area contributed by atoms with Gasteiger partial charge in [0.1, 0.15) is 17.0 Å². The van der Waals surface area contributed by atoms with Crippen molar-refractivity contribution in [1.29, 1.82) is 0 Å². The molecule has 2 amide bonds. The van der Waals surface area contributed by atoms with Crippen molar-refractivity contribution in [2.75, 3.05) is 34.5 Å². The van der Waals surface area contributed by atoms with Crippen LogP contribution in [0, 0.1) is 5.82 Å². The molecule has 2 N–H and O–H groups in total. The second-order valence-corrected chi connectivity index (χ2v) is 8.40. The highest BCUT2D eigenvalue weighted by Crippen LogP contribution is 2.37. The zero-order valence-corrected chi connectivity index (χ0v) is 18.9. The van der Waals surface area contributed by atoms with Gasteiger partial charge in [0.2, 0.25) is 5.95 Å². The molecule has 170 valence electrons. The molecule has 8 nitrogen and oxygen atoms in total. The maximum absolute atomic E-state index is 13.0. The number of carbonyl (C=O) groups is 2. The number of hydrogen-bond acceptors (Lipinski definition) is 6. The Bertz CT molecular complexity index is 1190. The van der Waals surface area contributed by atoms with Gasteiger partial charge in [-0.2, -0.15) is 4.98 Å². The minimum absolute atomic E-state index is 0.0200. The minimum atomic E-state index is -0.707. The van der Waals surface area contributed by atoms with Gasteiger partial charge in [-0.25, -0.2) is 9.37 Å². The molecular formula is C24H25FN6O2. The molecule has 0 saturated heterocycles. The van der Waals surface area contributed by atoms with E-state index in [0.29, 0.717) is 35.2 Å². The number of nitrogens with zero attached hydrogens (tertiary/aromatic N) is 4. The van der Waals surface area contributed by atoms with E-state index in [1.54, 1.807) is 30.3 Å². The maximum atomic E-state index is 13.0. The standard InChI is InChI=1S/C24H25FN6O2/c1-24(2)22(33)30(3)19-14-27-23(29-20(19)31(24)4)26-13-15-5-11-18(12-6-15)28-21(32)16-7-9-17(25)10-8-16/h5-12,14H,13H2,1-4H3,(H,28,32)(H,26,27,29). The molecule has 2 aromatic carbocycles. The van der Waals surface area contributed by atoms with E-state index >= 15 is 0 Å². The van der Waals surface area contributed by atoms with Crippen molar-refractivity contribution in [2.24, 2.45) is 0 Å². The molecule has 33 heavy (non-hydrogen) atoms. The van der Waals surface area contributed by atoms with Gasteiger partial charge in [-0.05, 0) is 55.8 Å². The van der Waals surface area contributed by atoms with Crippen LogP contribution in [-0.4, -0.2) is 41.4 Å². The van der Waals surface area contributed by atoms with Gasteiger partial charge in [-0.1, -0.05) is 12.1 Å². The number of aromatic nitrogens is 2. The highest BCUT2D eigenvalue weighted by molar-refractivity contribution is 6.06. The molecule has 4 rings (SSSR count). The summed E-state index contributed by atoms with van der Waals surface area (Å²) in [4.78, 5) is 37.2. The monoisotopic (exact) mass is 448 g/mol. The van der Waals surface area contributed by atoms with Crippen LogP contribution in [0.3, 0.4) is 0 Å². The number of rotatable bonds is 5. The van der Waals surface area contributed by atoms with E-state index in [1.807, 2.05) is 37.9 Å². The second-order valence-electron chi connectivity index (χ2n) is 8.40. The molecule has 0 atom stereocenters. The van der Waals surface area contributed by atoms with Crippen LogP contribution in [0.4, 0.5) is 27.5 Å². The fourth-order valence-electron chi connectivity index (χ4n) is 3.55. The SMILES string of the molecule is CN1C(=O)C(C)(C)N(C)c2nc(NCc3ccc(NC(=O)c4ccc(F)cc4)cc3)ncc21. The van der Waals surface area contributed by atoms with E-state index in [-0.39, 0.29) is 17.6 Å². The average Bonchev–Trinajstić information content (AvgIpc) is 2.81. The Hall–Kier alpha value is -4.01. The van der Waals surface area contributed by atoms with Crippen LogP contribution >= 0.6 is 0 Å². The van der Waals surface area contributed by atoms with E-state index in [0.717, 1.165) is 5.56 Å². The maximum Gasteiger partial charge on any atom is 0.255 e. The third-order valence-corrected chi connectivity index (χ3v) is 5.86. The first-order valence-electron chi connectivity index (χ1n) is 10.5. The number of benzene rings is 2. The smallest absolute Gasteiger partial charge is 0.255 e. The molecule has 0 spiro atoms. The average molecular weight is 449 g/mol. The van der Waals surface area contributed by atoms with Crippen molar-refractivity contribution >= 4 is 35.0 Å². The van der Waals surface area contributed by atoms with Gasteiger partial charge in [0, 0.05) is 31.9 Å². The van der Waals surface area contributed by atoms with Crippen LogP contribution in [0.25, 0.3) is 0 Å². The first-order valence-corrected chi connectivity index (χ1v) is 10.5. The predicted molar refractivity (Wildman–Crippen MR) is 126 cm³/mol. The van der Waals surface area contributed by atoms with Crippen LogP contribution in [0.5, 0.6) is 0 Å². The second kappa shape index (κ2) is 8.50. The molecule has 1 aromatic heterocycles. The summed E-state index contributed by atoms with van der Waals surface area (Å²) in [5.41, 5.74) is 1.94. The number of likely N-dealkylation sites (N-methyl/N-ethyl adjacent to an activating group) is 2. The van der Waals surface area contributed by atoms with Crippen molar-refractivity contribution in [3.63, 3.8) is 0 Å². The molecule has 3 aromatic rings. The van der Waals surface area contributed by atoms with Crippen LogP contribution in [0.1, 0.15) is 29.8 Å². The van der Waals surface area contributed by atoms with Gasteiger partial charge in [0.05, 0.1) is 6.20 Å². The highest BCUT2D eigenvalue weighted by Gasteiger charge is 2.42. The van der Waals surface area contributed by atoms with Gasteiger partial charge in [0.25, 0.3) is 11.8 Å². The third kappa shape index (κ3) is 4.34. The van der Waals surface area contributed by atoms with Gasteiger partial charge in [-0.15, -0.1) is 0 Å². The number of carbonyl (C=O) groups excluding carboxylic acids is 2. The predicted octanol–water partition coefficient (Wildman–Crippen LogP) is 3.67. The quantitative estimate of drug-likeness (QED) is 0.619. The summed E-state index contributed by atoms with van der Waals surface area (Å²) in [6.07, 6.45) is 1.64. The Balaban J connectivity index is 1.41. The number of halogens is 1. The van der Waals surface area contributed by atoms with E-state index in [4.69, 9.17) is 0 Å². The van der Waals surface area contributed by atoms with E-state index in [9.17, 15) is 14.0 Å². The molecule has 0 aliphatic carbocycles. The first-order chi connectivity index (χ1) is 15.7. The molecule has 1 aliphatic rings. The number of nitrogens with one attached hydrogen (secondary N) is 2. The zero-order chi connectivity index (χ0) is 23.8. The number of amides is 2. The summed E-state index contributed by atoms with van der Waals surface area (Å²) in [7, 11) is 3.57. The lowest BCUT2D eigenvalue weighted by Crippen LogP contribution is -2.58. The molecule has 0 fully saturated rings. The topological polar surface area (TPSA) is 90.5 Å².